The van der Waals surface area contributed by atoms with Crippen LogP contribution in [0.25, 0.3) is 11.3 Å². The van der Waals surface area contributed by atoms with Crippen LogP contribution < -0.4 is 19.5 Å². The lowest BCUT2D eigenvalue weighted by Crippen LogP contribution is -2.44. The maximum atomic E-state index is 12.5. The van der Waals surface area contributed by atoms with E-state index in [9.17, 15) is 4.79 Å². The minimum atomic E-state index is -0.119. The third-order valence-corrected chi connectivity index (χ3v) is 4.15. The zero-order chi connectivity index (χ0) is 21.6. The fourth-order valence-corrected chi connectivity index (χ4v) is 2.94. The molecule has 0 fully saturated rings. The van der Waals surface area contributed by atoms with Gasteiger partial charge in [-0.25, -0.2) is 4.79 Å². The molecule has 1 aromatic carbocycles. The van der Waals surface area contributed by atoms with Crippen molar-refractivity contribution in [2.24, 2.45) is 5.92 Å². The average molecular weight is 405 g/mol. The molecule has 2 aromatic rings. The number of ether oxygens (including phenoxy) is 3. The Kier molecular flexibility index (Phi) is 7.75. The predicted molar refractivity (Wildman–Crippen MR) is 111 cm³/mol. The van der Waals surface area contributed by atoms with Crippen LogP contribution in [0.15, 0.2) is 22.7 Å². The van der Waals surface area contributed by atoms with Gasteiger partial charge in [0, 0.05) is 24.2 Å². The van der Waals surface area contributed by atoms with Crippen LogP contribution >= 0.6 is 0 Å². The van der Waals surface area contributed by atoms with Gasteiger partial charge in [-0.3, -0.25) is 0 Å². The van der Waals surface area contributed by atoms with Crippen LogP contribution in [-0.2, 0) is 6.54 Å². The minimum Gasteiger partial charge on any atom is -0.493 e. The number of nitrogens with one attached hydrogen (secondary N) is 1. The van der Waals surface area contributed by atoms with Crippen LogP contribution in [0.2, 0.25) is 0 Å². The maximum Gasteiger partial charge on any atom is 0.317 e. The van der Waals surface area contributed by atoms with Gasteiger partial charge in [-0.05, 0) is 31.9 Å². The van der Waals surface area contributed by atoms with Crippen molar-refractivity contribution in [1.82, 2.24) is 15.4 Å². The molecule has 0 aliphatic carbocycles. The second kappa shape index (κ2) is 10.0. The van der Waals surface area contributed by atoms with E-state index >= 15 is 0 Å². The molecule has 0 bridgehead atoms. The highest BCUT2D eigenvalue weighted by atomic mass is 16.5. The Labute approximate surface area is 172 Å². The summed E-state index contributed by atoms with van der Waals surface area (Å²) < 4.78 is 21.7. The molecule has 0 unspecified atom stereocenters. The number of hydrogen-bond donors (Lipinski definition) is 1. The Morgan fingerprint density at radius 3 is 2.17 bits per heavy atom. The number of aromatic nitrogens is 1. The van der Waals surface area contributed by atoms with Gasteiger partial charge in [0.05, 0.1) is 27.9 Å². The fraction of sp³-hybridized carbons (Fsp3) is 0.524. The van der Waals surface area contributed by atoms with Crippen molar-refractivity contribution in [2.45, 2.75) is 40.3 Å². The lowest BCUT2D eigenvalue weighted by molar-refractivity contribution is 0.183. The van der Waals surface area contributed by atoms with E-state index in [1.807, 2.05) is 19.9 Å². The highest BCUT2D eigenvalue weighted by Gasteiger charge is 2.20. The van der Waals surface area contributed by atoms with Crippen LogP contribution in [-0.4, -0.2) is 50.0 Å². The highest BCUT2D eigenvalue weighted by molar-refractivity contribution is 5.74. The van der Waals surface area contributed by atoms with Crippen molar-refractivity contribution in [2.75, 3.05) is 27.9 Å². The first-order valence-corrected chi connectivity index (χ1v) is 9.60. The Bertz CT molecular complexity index is 791. The Morgan fingerprint density at radius 1 is 1.07 bits per heavy atom. The van der Waals surface area contributed by atoms with Gasteiger partial charge in [0.1, 0.15) is 5.69 Å². The summed E-state index contributed by atoms with van der Waals surface area (Å²) >= 11 is 0. The molecule has 0 radical (unpaired) electrons. The maximum absolute atomic E-state index is 12.5. The van der Waals surface area contributed by atoms with Gasteiger partial charge >= 0.3 is 6.03 Å². The molecule has 29 heavy (non-hydrogen) atoms. The Hall–Kier alpha value is -2.90. The summed E-state index contributed by atoms with van der Waals surface area (Å²) in [7, 11) is 4.67. The van der Waals surface area contributed by atoms with Gasteiger partial charge in [-0.1, -0.05) is 19.0 Å². The van der Waals surface area contributed by atoms with Crippen molar-refractivity contribution in [1.29, 1.82) is 0 Å². The third-order valence-electron chi connectivity index (χ3n) is 4.15. The number of carbonyl (C=O) groups excluding carboxylic acids is 1. The number of hydrogen-bond acceptors (Lipinski definition) is 6. The van der Waals surface area contributed by atoms with Crippen LogP contribution in [0.1, 0.15) is 33.4 Å². The first-order valence-electron chi connectivity index (χ1n) is 9.60. The van der Waals surface area contributed by atoms with E-state index in [1.165, 1.54) is 0 Å². The molecule has 2 amide bonds. The number of benzene rings is 1. The molecule has 0 saturated carbocycles. The number of nitrogens with zero attached hydrogens (tertiary/aromatic N) is 2. The molecule has 0 spiro atoms. The monoisotopic (exact) mass is 405 g/mol. The largest absolute Gasteiger partial charge is 0.493 e. The van der Waals surface area contributed by atoms with Crippen molar-refractivity contribution in [3.8, 4) is 28.6 Å². The number of amides is 2. The summed E-state index contributed by atoms with van der Waals surface area (Å²) in [6.07, 6.45) is 0. The lowest BCUT2D eigenvalue weighted by Gasteiger charge is -2.25. The molecule has 1 heterocycles. The van der Waals surface area contributed by atoms with Crippen molar-refractivity contribution in [3.05, 3.63) is 23.9 Å². The fourth-order valence-electron chi connectivity index (χ4n) is 2.94. The van der Waals surface area contributed by atoms with Crippen molar-refractivity contribution in [3.63, 3.8) is 0 Å². The van der Waals surface area contributed by atoms with Gasteiger partial charge in [-0.2, -0.15) is 0 Å². The van der Waals surface area contributed by atoms with Crippen molar-refractivity contribution < 1.29 is 23.5 Å². The molecule has 0 aliphatic rings. The summed E-state index contributed by atoms with van der Waals surface area (Å²) in [6.45, 7) is 8.98. The van der Waals surface area contributed by atoms with E-state index in [0.717, 1.165) is 5.56 Å². The second-order valence-electron chi connectivity index (χ2n) is 7.48. The van der Waals surface area contributed by atoms with E-state index in [4.69, 9.17) is 18.7 Å². The van der Waals surface area contributed by atoms with E-state index in [1.54, 1.807) is 38.4 Å². The Morgan fingerprint density at radius 2 is 1.69 bits per heavy atom. The van der Waals surface area contributed by atoms with E-state index < -0.39 is 0 Å². The first-order chi connectivity index (χ1) is 13.8. The average Bonchev–Trinajstić information content (AvgIpc) is 3.13. The zero-order valence-corrected chi connectivity index (χ0v) is 18.2. The molecule has 0 aliphatic heterocycles. The third kappa shape index (κ3) is 5.79. The summed E-state index contributed by atoms with van der Waals surface area (Å²) in [5.74, 6) is 2.43. The minimum absolute atomic E-state index is 0.0595. The standard InChI is InChI=1S/C21H31N3O5/c1-13(2)11-24(21(25)22-14(3)4)12-16-10-17(29-23-16)15-8-18(26-5)20(28-7)19(9-15)27-6/h8-10,13-14H,11-12H2,1-7H3,(H,22,25). The molecule has 160 valence electrons. The molecule has 1 aromatic heterocycles. The second-order valence-corrected chi connectivity index (χ2v) is 7.48. The van der Waals surface area contributed by atoms with Crippen LogP contribution in [0, 0.1) is 5.92 Å². The molecule has 8 nitrogen and oxygen atoms in total. The smallest absolute Gasteiger partial charge is 0.317 e. The van der Waals surface area contributed by atoms with Gasteiger partial charge in [0.25, 0.3) is 0 Å². The summed E-state index contributed by atoms with van der Waals surface area (Å²) in [5.41, 5.74) is 1.40. The molecule has 1 N–H and O–H groups in total. The van der Waals surface area contributed by atoms with Crippen molar-refractivity contribution >= 4 is 6.03 Å². The van der Waals surface area contributed by atoms with Crippen LogP contribution in [0.3, 0.4) is 0 Å². The van der Waals surface area contributed by atoms with Gasteiger partial charge < -0.3 is 29.0 Å². The lowest BCUT2D eigenvalue weighted by atomic mass is 10.1. The van der Waals surface area contributed by atoms with Crippen LogP contribution in [0.5, 0.6) is 17.2 Å². The number of rotatable bonds is 9. The topological polar surface area (TPSA) is 86.1 Å². The summed E-state index contributed by atoms with van der Waals surface area (Å²) in [6, 6.07) is 5.35. The van der Waals surface area contributed by atoms with E-state index in [-0.39, 0.29) is 12.1 Å². The Balaban J connectivity index is 2.28. The number of urea groups is 1. The molecule has 0 saturated heterocycles. The summed E-state index contributed by atoms with van der Waals surface area (Å²) in [4.78, 5) is 14.3. The quantitative estimate of drug-likeness (QED) is 0.680. The first kappa shape index (κ1) is 22.4. The number of carbonyl (C=O) groups is 1. The van der Waals surface area contributed by atoms with E-state index in [0.29, 0.717) is 47.7 Å². The molecule has 0 atom stereocenters. The van der Waals surface area contributed by atoms with E-state index in [2.05, 4.69) is 24.3 Å². The van der Waals surface area contributed by atoms with Gasteiger partial charge in [0.15, 0.2) is 17.3 Å². The molecule has 8 heteroatoms. The number of methoxy groups -OCH3 is 3. The SMILES string of the molecule is COc1cc(-c2cc(CN(CC(C)C)C(=O)NC(C)C)no2)cc(OC)c1OC. The highest BCUT2D eigenvalue weighted by Crippen LogP contribution is 2.41. The summed E-state index contributed by atoms with van der Waals surface area (Å²) in [5, 5.41) is 7.08. The predicted octanol–water partition coefficient (Wildman–Crippen LogP) is 3.94. The molecular weight excluding hydrogens is 374 g/mol. The zero-order valence-electron chi connectivity index (χ0n) is 18.2. The van der Waals surface area contributed by atoms with Gasteiger partial charge in [0.2, 0.25) is 5.75 Å². The van der Waals surface area contributed by atoms with Gasteiger partial charge in [-0.15, -0.1) is 0 Å². The molecular formula is C21H31N3O5. The normalized spacial score (nSPS) is 10.9. The molecule has 2 rings (SSSR count). The van der Waals surface area contributed by atoms with Crippen LogP contribution in [0.4, 0.5) is 4.79 Å².